The number of halogens is 3. The lowest BCUT2D eigenvalue weighted by Gasteiger charge is -2.08. The number of carbonyl (C=O) groups is 1. The molecule has 0 atom stereocenters. The third-order valence-electron chi connectivity index (χ3n) is 2.69. The molecule has 0 heterocycles. The van der Waals surface area contributed by atoms with E-state index in [-0.39, 0.29) is 21.9 Å². The quantitative estimate of drug-likeness (QED) is 0.923. The molecule has 0 radical (unpaired) electrons. The van der Waals surface area contributed by atoms with E-state index in [1.54, 1.807) is 6.07 Å². The van der Waals surface area contributed by atoms with Crippen LogP contribution in [0.5, 0.6) is 5.75 Å². The molecule has 4 nitrogen and oxygen atoms in total. The highest BCUT2D eigenvalue weighted by Crippen LogP contribution is 2.21. The Kier molecular flexibility index (Phi) is 4.92. The predicted molar refractivity (Wildman–Crippen MR) is 77.2 cm³/mol. The molecule has 0 unspecified atom stereocenters. The van der Waals surface area contributed by atoms with Crippen LogP contribution < -0.4 is 10.1 Å². The summed E-state index contributed by atoms with van der Waals surface area (Å²) in [6.45, 7) is -2.92. The lowest BCUT2D eigenvalue weighted by atomic mass is 10.2. The summed E-state index contributed by atoms with van der Waals surface area (Å²) in [5.74, 6) is -0.486. The first-order chi connectivity index (χ1) is 10.5. The van der Waals surface area contributed by atoms with Crippen molar-refractivity contribution in [2.45, 2.75) is 6.61 Å². The molecule has 0 aliphatic carbocycles. The number of hydrogen-bond acceptors (Lipinski definition) is 3. The van der Waals surface area contributed by atoms with Crippen molar-refractivity contribution >= 4 is 23.2 Å². The normalized spacial score (nSPS) is 10.1. The molecule has 7 heteroatoms. The zero-order chi connectivity index (χ0) is 16.1. The maximum atomic E-state index is 12.0. The number of amides is 1. The van der Waals surface area contributed by atoms with Gasteiger partial charge in [0, 0.05) is 11.3 Å². The molecule has 0 aliphatic heterocycles. The Hall–Kier alpha value is -2.65. The van der Waals surface area contributed by atoms with Crippen LogP contribution in [0, 0.1) is 11.3 Å². The fourth-order valence-electron chi connectivity index (χ4n) is 1.68. The summed E-state index contributed by atoms with van der Waals surface area (Å²) in [6, 6.07) is 11.6. The van der Waals surface area contributed by atoms with E-state index < -0.39 is 12.5 Å². The zero-order valence-electron chi connectivity index (χ0n) is 11.0. The van der Waals surface area contributed by atoms with Crippen LogP contribution in [0.4, 0.5) is 14.5 Å². The van der Waals surface area contributed by atoms with Crippen LogP contribution in [0.3, 0.4) is 0 Å². The smallest absolute Gasteiger partial charge is 0.387 e. The van der Waals surface area contributed by atoms with Crippen molar-refractivity contribution in [2.75, 3.05) is 5.32 Å². The van der Waals surface area contributed by atoms with Crippen LogP contribution in [0.2, 0.25) is 5.02 Å². The van der Waals surface area contributed by atoms with Gasteiger partial charge in [0.2, 0.25) is 0 Å². The molecule has 2 aromatic carbocycles. The standard InChI is InChI=1S/C15H9ClF2N2O2/c16-13-6-3-11(7-10(13)8-19)20-14(21)9-1-4-12(5-2-9)22-15(17)18/h1-7,15H,(H,20,21). The zero-order valence-corrected chi connectivity index (χ0v) is 11.8. The van der Waals surface area contributed by atoms with Crippen molar-refractivity contribution < 1.29 is 18.3 Å². The fourth-order valence-corrected chi connectivity index (χ4v) is 1.84. The van der Waals surface area contributed by atoms with Crippen molar-refractivity contribution in [2.24, 2.45) is 0 Å². The van der Waals surface area contributed by atoms with Gasteiger partial charge in [-0.1, -0.05) is 11.6 Å². The Labute approximate surface area is 129 Å². The lowest BCUT2D eigenvalue weighted by Crippen LogP contribution is -2.12. The summed E-state index contributed by atoms with van der Waals surface area (Å²) in [5.41, 5.74) is 0.897. The minimum Gasteiger partial charge on any atom is -0.435 e. The van der Waals surface area contributed by atoms with Gasteiger partial charge in [-0.3, -0.25) is 4.79 Å². The second kappa shape index (κ2) is 6.87. The SMILES string of the molecule is N#Cc1cc(NC(=O)c2ccc(OC(F)F)cc2)ccc1Cl. The second-order valence-electron chi connectivity index (χ2n) is 4.16. The van der Waals surface area contributed by atoms with Crippen LogP contribution in [0.25, 0.3) is 0 Å². The van der Waals surface area contributed by atoms with Crippen LogP contribution in [-0.2, 0) is 0 Å². The van der Waals surface area contributed by atoms with Gasteiger partial charge in [-0.05, 0) is 42.5 Å². The predicted octanol–water partition coefficient (Wildman–Crippen LogP) is 4.07. The van der Waals surface area contributed by atoms with E-state index in [0.29, 0.717) is 5.69 Å². The van der Waals surface area contributed by atoms with E-state index in [2.05, 4.69) is 10.1 Å². The first-order valence-corrected chi connectivity index (χ1v) is 6.43. The lowest BCUT2D eigenvalue weighted by molar-refractivity contribution is -0.0498. The van der Waals surface area contributed by atoms with E-state index in [9.17, 15) is 13.6 Å². The topological polar surface area (TPSA) is 62.1 Å². The molecule has 0 aliphatic rings. The Morgan fingerprint density at radius 1 is 1.23 bits per heavy atom. The summed E-state index contributed by atoms with van der Waals surface area (Å²) >= 11 is 5.80. The first kappa shape index (κ1) is 15.7. The Morgan fingerprint density at radius 3 is 2.50 bits per heavy atom. The monoisotopic (exact) mass is 322 g/mol. The molecular formula is C15H9ClF2N2O2. The number of ether oxygens (including phenoxy) is 1. The number of benzene rings is 2. The maximum Gasteiger partial charge on any atom is 0.387 e. The van der Waals surface area contributed by atoms with E-state index in [1.165, 1.54) is 36.4 Å². The van der Waals surface area contributed by atoms with Crippen molar-refractivity contribution in [3.05, 3.63) is 58.6 Å². The first-order valence-electron chi connectivity index (χ1n) is 6.05. The Morgan fingerprint density at radius 2 is 1.91 bits per heavy atom. The number of carbonyl (C=O) groups excluding carboxylic acids is 1. The highest BCUT2D eigenvalue weighted by atomic mass is 35.5. The minimum atomic E-state index is -2.92. The van der Waals surface area contributed by atoms with Gasteiger partial charge in [0.05, 0.1) is 10.6 Å². The van der Waals surface area contributed by atoms with Crippen molar-refractivity contribution in [1.29, 1.82) is 5.26 Å². The van der Waals surface area contributed by atoms with Gasteiger partial charge in [-0.15, -0.1) is 0 Å². The molecule has 0 saturated carbocycles. The number of anilines is 1. The maximum absolute atomic E-state index is 12.0. The minimum absolute atomic E-state index is 0.0372. The molecule has 112 valence electrons. The third kappa shape index (κ3) is 3.93. The Bertz CT molecular complexity index is 727. The highest BCUT2D eigenvalue weighted by molar-refractivity contribution is 6.31. The molecular weight excluding hydrogens is 314 g/mol. The Balaban J connectivity index is 2.11. The number of nitriles is 1. The molecule has 2 aromatic rings. The van der Waals surface area contributed by atoms with Crippen molar-refractivity contribution in [3.63, 3.8) is 0 Å². The average Bonchev–Trinajstić information content (AvgIpc) is 2.49. The third-order valence-corrected chi connectivity index (χ3v) is 3.02. The van der Waals surface area contributed by atoms with E-state index >= 15 is 0 Å². The number of nitrogens with zero attached hydrogens (tertiary/aromatic N) is 1. The van der Waals surface area contributed by atoms with Crippen molar-refractivity contribution in [1.82, 2.24) is 0 Å². The molecule has 1 N–H and O–H groups in total. The van der Waals surface area contributed by atoms with Gasteiger partial charge in [0.25, 0.3) is 5.91 Å². The van der Waals surface area contributed by atoms with Crippen LogP contribution in [0.15, 0.2) is 42.5 Å². The van der Waals surface area contributed by atoms with Gasteiger partial charge >= 0.3 is 6.61 Å². The number of nitrogens with one attached hydrogen (secondary N) is 1. The van der Waals surface area contributed by atoms with Crippen LogP contribution in [-0.4, -0.2) is 12.5 Å². The number of hydrogen-bond donors (Lipinski definition) is 1. The molecule has 0 bridgehead atoms. The van der Waals surface area contributed by atoms with Crippen LogP contribution >= 0.6 is 11.6 Å². The highest BCUT2D eigenvalue weighted by Gasteiger charge is 2.09. The average molecular weight is 323 g/mol. The van der Waals surface area contributed by atoms with Crippen LogP contribution in [0.1, 0.15) is 15.9 Å². The summed E-state index contributed by atoms with van der Waals surface area (Å²) < 4.78 is 28.3. The second-order valence-corrected chi connectivity index (χ2v) is 4.57. The molecule has 1 amide bonds. The molecule has 2 rings (SSSR count). The molecule has 0 fully saturated rings. The van der Waals surface area contributed by atoms with E-state index in [4.69, 9.17) is 16.9 Å². The van der Waals surface area contributed by atoms with Gasteiger partial charge < -0.3 is 10.1 Å². The van der Waals surface area contributed by atoms with Gasteiger partial charge in [-0.2, -0.15) is 14.0 Å². The number of rotatable bonds is 4. The summed E-state index contributed by atoms with van der Waals surface area (Å²) in [5, 5.41) is 11.7. The number of alkyl halides is 2. The molecule has 0 spiro atoms. The largest absolute Gasteiger partial charge is 0.435 e. The molecule has 0 saturated heterocycles. The molecule has 22 heavy (non-hydrogen) atoms. The fraction of sp³-hybridized carbons (Fsp3) is 0.0667. The van der Waals surface area contributed by atoms with E-state index in [1.807, 2.05) is 6.07 Å². The summed E-state index contributed by atoms with van der Waals surface area (Å²) in [7, 11) is 0. The van der Waals surface area contributed by atoms with Gasteiger partial charge in [0.15, 0.2) is 0 Å². The molecule has 0 aromatic heterocycles. The summed E-state index contributed by atoms with van der Waals surface area (Å²) in [6.07, 6.45) is 0. The van der Waals surface area contributed by atoms with Gasteiger partial charge in [0.1, 0.15) is 11.8 Å². The van der Waals surface area contributed by atoms with Crippen molar-refractivity contribution in [3.8, 4) is 11.8 Å². The summed E-state index contributed by atoms with van der Waals surface area (Å²) in [4.78, 5) is 12.0. The van der Waals surface area contributed by atoms with E-state index in [0.717, 1.165) is 0 Å². The van der Waals surface area contributed by atoms with Gasteiger partial charge in [-0.25, -0.2) is 0 Å².